The molecule has 1 fully saturated rings. The Hall–Kier alpha value is -4.81. The summed E-state index contributed by atoms with van der Waals surface area (Å²) in [7, 11) is -3.29. The molecule has 2 aliphatic heterocycles. The Balaban J connectivity index is 0.000000344. The fraction of sp³-hybridized carbons (Fsp3) is 0.333. The van der Waals surface area contributed by atoms with E-state index in [-0.39, 0.29) is 12.5 Å². The quantitative estimate of drug-likeness (QED) is 0.163. The summed E-state index contributed by atoms with van der Waals surface area (Å²) in [5.41, 5.74) is 16.8. The molecule has 3 aromatic carbocycles. The minimum atomic E-state index is -3.29. The standard InChI is InChI=1S/C38H40N2O3S.C7H9NO3S/c1-25(2)24-39-38(41)40(43-37-12-5-6-21-42-37)30-10-7-9-28(23-30)35-19-20-36(44-35)29-15-16-32-27(22-29)14-18-33-31-11-4-3-8-26(31)13-17-34(32)33;8-7(9)5-6-3-1-2-4-12(6,10)11/h3-4,7-11,14,18-20,22-23,25,37H,5-6,12-13,15-17,21,24H2,1-2H3,(H,39,41);1-4,6H,5H2,(H2,8,9). The van der Waals surface area contributed by atoms with Crippen LogP contribution < -0.4 is 16.1 Å². The molecule has 8 rings (SSSR count). The number of nitrogens with two attached hydrogens (primary N) is 1. The van der Waals surface area contributed by atoms with Crippen LogP contribution in [-0.4, -0.2) is 45.0 Å². The van der Waals surface area contributed by atoms with Gasteiger partial charge in [0.1, 0.15) is 0 Å². The van der Waals surface area contributed by atoms with Crippen LogP contribution in [0.2, 0.25) is 0 Å². The van der Waals surface area contributed by atoms with Crippen LogP contribution in [0.25, 0.3) is 33.2 Å². The zero-order valence-electron chi connectivity index (χ0n) is 31.9. The molecule has 1 aromatic heterocycles. The fourth-order valence-corrected chi connectivity index (χ4v) is 9.81. The molecule has 2 atom stereocenters. The SMILES string of the molecule is CC(C)CNC(=O)N(OC1CCCCO1)c1cccc(-c2ccc(C3=Cc4ccc5c(c4CC3)CCc3ccccc3-5)s2)c1.NC(=O)CC1C=CC=CS1(=O)=O. The number of amides is 3. The molecule has 9 nitrogen and oxygen atoms in total. The third-order valence-electron chi connectivity index (χ3n) is 10.4. The predicted octanol–water partition coefficient (Wildman–Crippen LogP) is 9.03. The zero-order chi connectivity index (χ0) is 39.2. The van der Waals surface area contributed by atoms with E-state index in [2.05, 4.69) is 79.8 Å². The van der Waals surface area contributed by atoms with Crippen LogP contribution in [0, 0.1) is 5.92 Å². The van der Waals surface area contributed by atoms with Gasteiger partial charge in [0, 0.05) is 41.2 Å². The minimum Gasteiger partial charge on any atom is -0.370 e. The number of benzene rings is 3. The molecule has 3 amide bonds. The number of fused-ring (bicyclic) bond motifs is 5. The number of thiophene rings is 1. The maximum absolute atomic E-state index is 13.3. The second-order valence-corrected chi connectivity index (χ2v) is 18.1. The molecule has 0 bridgehead atoms. The van der Waals surface area contributed by atoms with Gasteiger partial charge >= 0.3 is 6.03 Å². The van der Waals surface area contributed by atoms with Gasteiger partial charge in [-0.15, -0.1) is 11.3 Å². The van der Waals surface area contributed by atoms with E-state index in [9.17, 15) is 18.0 Å². The van der Waals surface area contributed by atoms with E-state index in [1.807, 2.05) is 29.5 Å². The van der Waals surface area contributed by atoms with Crippen LogP contribution >= 0.6 is 11.3 Å². The smallest absolute Gasteiger partial charge is 0.346 e. The number of hydroxylamine groups is 1. The lowest BCUT2D eigenvalue weighted by molar-refractivity contribution is -0.163. The van der Waals surface area contributed by atoms with Crippen LogP contribution in [-0.2, 0) is 43.5 Å². The van der Waals surface area contributed by atoms with Gasteiger partial charge in [-0.3, -0.25) is 4.79 Å². The van der Waals surface area contributed by atoms with E-state index in [1.54, 1.807) is 11.6 Å². The Morgan fingerprint density at radius 3 is 2.54 bits per heavy atom. The maximum atomic E-state index is 13.3. The lowest BCUT2D eigenvalue weighted by Gasteiger charge is -2.29. The molecular formula is C45H49N3O6S2. The molecule has 0 spiro atoms. The van der Waals surface area contributed by atoms with E-state index >= 15 is 0 Å². The van der Waals surface area contributed by atoms with Crippen molar-refractivity contribution in [1.82, 2.24) is 5.32 Å². The van der Waals surface area contributed by atoms with Crippen molar-refractivity contribution in [1.29, 1.82) is 0 Å². The summed E-state index contributed by atoms with van der Waals surface area (Å²) in [6, 6.07) is 25.8. The van der Waals surface area contributed by atoms with E-state index in [1.165, 1.54) is 60.4 Å². The van der Waals surface area contributed by atoms with Crippen molar-refractivity contribution in [2.24, 2.45) is 11.7 Å². The van der Waals surface area contributed by atoms with Crippen molar-refractivity contribution in [2.45, 2.75) is 76.8 Å². The number of nitrogens with one attached hydrogen (secondary N) is 1. The number of allylic oxidation sites excluding steroid dienone is 3. The van der Waals surface area contributed by atoms with Crippen LogP contribution in [0.1, 0.15) is 73.1 Å². The number of aryl methyl sites for hydroxylation is 1. The third-order valence-corrected chi connectivity index (χ3v) is 13.3. The number of hydrogen-bond acceptors (Lipinski definition) is 7. The average molecular weight is 792 g/mol. The number of ether oxygens (including phenoxy) is 1. The number of sulfone groups is 1. The summed E-state index contributed by atoms with van der Waals surface area (Å²) in [5.74, 6) is -0.269. The van der Waals surface area contributed by atoms with Crippen molar-refractivity contribution in [3.63, 3.8) is 0 Å². The second-order valence-electron chi connectivity index (χ2n) is 15.0. The van der Waals surface area contributed by atoms with E-state index in [0.29, 0.717) is 24.8 Å². The molecule has 2 unspecified atom stereocenters. The summed E-state index contributed by atoms with van der Waals surface area (Å²) in [4.78, 5) is 32.3. The average Bonchev–Trinajstić information content (AvgIpc) is 3.71. The van der Waals surface area contributed by atoms with Crippen molar-refractivity contribution in [2.75, 3.05) is 18.2 Å². The molecule has 11 heteroatoms. The first-order valence-corrected chi connectivity index (χ1v) is 21.9. The molecule has 292 valence electrons. The Labute approximate surface area is 333 Å². The first-order chi connectivity index (χ1) is 27.1. The van der Waals surface area contributed by atoms with Crippen LogP contribution in [0.15, 0.2) is 96.4 Å². The second kappa shape index (κ2) is 17.5. The number of carbonyl (C=O) groups is 2. The number of rotatable bonds is 9. The highest BCUT2D eigenvalue weighted by molar-refractivity contribution is 7.95. The summed E-state index contributed by atoms with van der Waals surface area (Å²) in [5, 5.41) is 4.70. The molecule has 3 heterocycles. The fourth-order valence-electron chi connectivity index (χ4n) is 7.54. The number of nitrogens with zero attached hydrogens (tertiary/aromatic N) is 1. The van der Waals surface area contributed by atoms with Gasteiger partial charge in [0.2, 0.25) is 5.91 Å². The zero-order valence-corrected chi connectivity index (χ0v) is 33.5. The van der Waals surface area contributed by atoms with Crippen LogP contribution in [0.5, 0.6) is 0 Å². The van der Waals surface area contributed by atoms with Gasteiger partial charge in [-0.25, -0.2) is 18.0 Å². The minimum absolute atomic E-state index is 0.150. The molecular weight excluding hydrogens is 743 g/mol. The third kappa shape index (κ3) is 9.24. The van der Waals surface area contributed by atoms with Gasteiger partial charge in [0.15, 0.2) is 16.1 Å². The highest BCUT2D eigenvalue weighted by Crippen LogP contribution is 2.42. The number of anilines is 1. The molecule has 1 saturated heterocycles. The molecule has 56 heavy (non-hydrogen) atoms. The first kappa shape index (κ1) is 39.4. The van der Waals surface area contributed by atoms with Gasteiger partial charge in [-0.2, -0.15) is 5.06 Å². The first-order valence-electron chi connectivity index (χ1n) is 19.4. The lowest BCUT2D eigenvalue weighted by Crippen LogP contribution is -2.44. The monoisotopic (exact) mass is 791 g/mol. The van der Waals surface area contributed by atoms with Crippen molar-refractivity contribution in [3.05, 3.63) is 124 Å². The topological polar surface area (TPSA) is 128 Å². The number of carbonyl (C=O) groups excluding carboxylic acids is 2. The lowest BCUT2D eigenvalue weighted by atomic mass is 9.78. The van der Waals surface area contributed by atoms with Gasteiger partial charge in [0.25, 0.3) is 0 Å². The summed E-state index contributed by atoms with van der Waals surface area (Å²) in [6.45, 7) is 5.39. The Kier molecular flexibility index (Phi) is 12.4. The van der Waals surface area contributed by atoms with Crippen LogP contribution in [0.4, 0.5) is 10.5 Å². The van der Waals surface area contributed by atoms with E-state index in [0.717, 1.165) is 55.9 Å². The molecule has 0 saturated carbocycles. The van der Waals surface area contributed by atoms with Crippen molar-refractivity contribution in [3.8, 4) is 21.6 Å². The Morgan fingerprint density at radius 1 is 0.929 bits per heavy atom. The van der Waals surface area contributed by atoms with Crippen LogP contribution in [0.3, 0.4) is 0 Å². The predicted molar refractivity (Wildman–Crippen MR) is 225 cm³/mol. The van der Waals surface area contributed by atoms with Gasteiger partial charge in [0.05, 0.1) is 10.9 Å². The maximum Gasteiger partial charge on any atom is 0.346 e. The Bertz CT molecular complexity index is 2280. The van der Waals surface area contributed by atoms with E-state index < -0.39 is 27.3 Å². The van der Waals surface area contributed by atoms with Gasteiger partial charge in [-0.1, -0.05) is 86.7 Å². The molecule has 2 aliphatic carbocycles. The number of urea groups is 1. The van der Waals surface area contributed by atoms with Gasteiger partial charge < -0.3 is 15.8 Å². The highest BCUT2D eigenvalue weighted by Gasteiger charge is 2.27. The van der Waals surface area contributed by atoms with Crippen molar-refractivity contribution >= 4 is 50.4 Å². The summed E-state index contributed by atoms with van der Waals surface area (Å²) < 4.78 is 28.2. The van der Waals surface area contributed by atoms with E-state index in [4.69, 9.17) is 15.3 Å². The highest BCUT2D eigenvalue weighted by atomic mass is 32.2. The molecule has 4 aliphatic rings. The molecule has 0 radical (unpaired) electrons. The van der Waals surface area contributed by atoms with Gasteiger partial charge in [-0.05, 0) is 113 Å². The normalized spacial score (nSPS) is 19.1. The summed E-state index contributed by atoms with van der Waals surface area (Å²) in [6.07, 6.45) is 13.5. The molecule has 4 aromatic rings. The number of hydrogen-bond donors (Lipinski definition) is 2. The summed E-state index contributed by atoms with van der Waals surface area (Å²) >= 11 is 1.81. The Morgan fingerprint density at radius 2 is 1.75 bits per heavy atom. The number of primary amides is 1. The molecule has 3 N–H and O–H groups in total. The largest absolute Gasteiger partial charge is 0.370 e. The van der Waals surface area contributed by atoms with Crippen molar-refractivity contribution < 1.29 is 27.6 Å².